The molecule has 0 aliphatic carbocycles. The van der Waals surface area contributed by atoms with Gasteiger partial charge < -0.3 is 14.9 Å². The number of rotatable bonds is 15. The topological polar surface area (TPSA) is 132 Å². The number of aromatic nitrogens is 2. The summed E-state index contributed by atoms with van der Waals surface area (Å²) in [5, 5.41) is 22.1. The van der Waals surface area contributed by atoms with Crippen molar-refractivity contribution >= 4 is 40.0 Å². The summed E-state index contributed by atoms with van der Waals surface area (Å²) >= 11 is 0. The van der Waals surface area contributed by atoms with Gasteiger partial charge in [-0.05, 0) is 53.7 Å². The van der Waals surface area contributed by atoms with Gasteiger partial charge in [-0.15, -0.1) is 10.2 Å². The summed E-state index contributed by atoms with van der Waals surface area (Å²) in [4.78, 5) is 27.4. The Kier molecular flexibility index (Phi) is 11.8. The number of amides is 1. The standard InChI is InChI=1S/C41H43N4O4P/c1-4-30(28-36-44-45-39(48-36)31-19-9-5-10-20-31)18-17-27-41(2,3)38(49-40(43)47)37(46)35(29-42)50(32-21-11-6-12-22-32,33-23-13-7-14-24-33)34-25-15-8-16-26-34/h5-16,19-26,30,38H,4,17-18,27-28H2,1-3H3,(H2,43,47)/t30-,38-/m1/s1. The van der Waals surface area contributed by atoms with Crippen LogP contribution in [0.3, 0.4) is 0 Å². The Morgan fingerprint density at radius 3 is 1.80 bits per heavy atom. The van der Waals surface area contributed by atoms with Gasteiger partial charge in [-0.3, -0.25) is 4.79 Å². The minimum Gasteiger partial charge on any atom is -0.437 e. The number of nitrogens with two attached hydrogens (primary N) is 1. The molecule has 0 saturated heterocycles. The Balaban J connectivity index is 1.48. The molecule has 2 atom stereocenters. The lowest BCUT2D eigenvalue weighted by Gasteiger charge is -2.35. The van der Waals surface area contributed by atoms with E-state index >= 15 is 0 Å². The lowest BCUT2D eigenvalue weighted by molar-refractivity contribution is -0.126. The lowest BCUT2D eigenvalue weighted by atomic mass is 9.78. The van der Waals surface area contributed by atoms with Crippen molar-refractivity contribution in [3.63, 3.8) is 0 Å². The molecule has 5 aromatic rings. The van der Waals surface area contributed by atoms with Crippen LogP contribution in [0, 0.1) is 22.7 Å². The number of nitriles is 1. The predicted molar refractivity (Wildman–Crippen MR) is 200 cm³/mol. The molecule has 0 aliphatic heterocycles. The molecule has 8 nitrogen and oxygen atoms in total. The Bertz CT molecular complexity index is 1870. The van der Waals surface area contributed by atoms with Crippen LogP contribution in [0.15, 0.2) is 126 Å². The molecule has 4 aromatic carbocycles. The van der Waals surface area contributed by atoms with E-state index in [1.165, 1.54) is 0 Å². The summed E-state index contributed by atoms with van der Waals surface area (Å²) in [6.07, 6.45) is 1.27. The zero-order valence-corrected chi connectivity index (χ0v) is 29.6. The normalized spacial score (nSPS) is 12.8. The third-order valence-corrected chi connectivity index (χ3v) is 13.5. The first-order chi connectivity index (χ1) is 24.2. The Hall–Kier alpha value is -5.25. The molecule has 0 unspecified atom stereocenters. The zero-order valence-electron chi connectivity index (χ0n) is 28.7. The second-order valence-corrected chi connectivity index (χ2v) is 16.4. The molecule has 0 radical (unpaired) electrons. The van der Waals surface area contributed by atoms with Crippen LogP contribution < -0.4 is 21.6 Å². The zero-order chi connectivity index (χ0) is 35.6. The summed E-state index contributed by atoms with van der Waals surface area (Å²) in [5.74, 6) is 0.797. The van der Waals surface area contributed by atoms with Crippen molar-refractivity contribution in [2.45, 2.75) is 59.0 Å². The van der Waals surface area contributed by atoms with Crippen LogP contribution >= 0.6 is 6.89 Å². The third kappa shape index (κ3) is 7.96. The maximum Gasteiger partial charge on any atom is 0.405 e. The van der Waals surface area contributed by atoms with Gasteiger partial charge in [-0.25, -0.2) is 4.79 Å². The highest BCUT2D eigenvalue weighted by atomic mass is 31.2. The van der Waals surface area contributed by atoms with E-state index in [0.29, 0.717) is 24.6 Å². The van der Waals surface area contributed by atoms with Crippen LogP contribution in [0.25, 0.3) is 11.5 Å². The van der Waals surface area contributed by atoms with Crippen molar-refractivity contribution in [1.29, 1.82) is 5.26 Å². The van der Waals surface area contributed by atoms with Crippen molar-refractivity contribution in [3.8, 4) is 17.5 Å². The van der Waals surface area contributed by atoms with E-state index in [-0.39, 0.29) is 11.2 Å². The van der Waals surface area contributed by atoms with Crippen LogP contribution in [0.2, 0.25) is 0 Å². The molecule has 1 heterocycles. The van der Waals surface area contributed by atoms with Crippen LogP contribution in [0.1, 0.15) is 52.3 Å². The number of benzene rings is 4. The van der Waals surface area contributed by atoms with Gasteiger partial charge in [0.2, 0.25) is 17.6 Å². The van der Waals surface area contributed by atoms with Crippen molar-refractivity contribution in [1.82, 2.24) is 10.2 Å². The Morgan fingerprint density at radius 1 is 0.840 bits per heavy atom. The van der Waals surface area contributed by atoms with E-state index in [2.05, 4.69) is 23.2 Å². The van der Waals surface area contributed by atoms with Crippen LogP contribution in [-0.4, -0.2) is 33.5 Å². The van der Waals surface area contributed by atoms with E-state index in [0.717, 1.165) is 40.7 Å². The fraction of sp³-hybridized carbons (Fsp3) is 0.268. The summed E-state index contributed by atoms with van der Waals surface area (Å²) in [6.45, 7) is 2.87. The molecule has 1 amide bonds. The maximum atomic E-state index is 14.9. The van der Waals surface area contributed by atoms with Gasteiger partial charge in [0, 0.05) is 17.4 Å². The fourth-order valence-corrected chi connectivity index (χ4v) is 10.7. The van der Waals surface area contributed by atoms with Crippen LogP contribution in [0.5, 0.6) is 0 Å². The SMILES string of the molecule is CC[C@H](CCCC(C)(C)[C@H](OC(N)=O)C(=O)C(C#N)=P(c1ccccc1)(c1ccccc1)c1ccccc1)Cc1nnc(-c2ccccc2)o1. The number of ketones is 1. The quantitative estimate of drug-likeness (QED) is 0.115. The first-order valence-electron chi connectivity index (χ1n) is 16.9. The number of hydrogen-bond donors (Lipinski definition) is 1. The molecule has 0 bridgehead atoms. The Morgan fingerprint density at radius 2 is 1.34 bits per heavy atom. The highest BCUT2D eigenvalue weighted by molar-refractivity contribution is 7.97. The van der Waals surface area contributed by atoms with Gasteiger partial charge >= 0.3 is 6.09 Å². The van der Waals surface area contributed by atoms with Gasteiger partial charge in [0.1, 0.15) is 11.4 Å². The summed E-state index contributed by atoms with van der Waals surface area (Å²) in [6, 6.07) is 41.0. The van der Waals surface area contributed by atoms with Crippen LogP contribution in [-0.2, 0) is 16.0 Å². The highest BCUT2D eigenvalue weighted by Crippen LogP contribution is 2.47. The summed E-state index contributed by atoms with van der Waals surface area (Å²) in [5.41, 5.74) is 5.64. The van der Waals surface area contributed by atoms with Crippen LogP contribution in [0.4, 0.5) is 4.79 Å². The summed E-state index contributed by atoms with van der Waals surface area (Å²) < 4.78 is 11.7. The minimum absolute atomic E-state index is 0.0532. The van der Waals surface area contributed by atoms with E-state index in [1.807, 2.05) is 135 Å². The van der Waals surface area contributed by atoms with E-state index < -0.39 is 30.3 Å². The number of primary amides is 1. The number of Topliss-reactive ketones (excluding diaryl/α,β-unsaturated/α-hetero) is 1. The molecule has 0 saturated carbocycles. The van der Waals surface area contributed by atoms with Crippen molar-refractivity contribution in [2.75, 3.05) is 0 Å². The number of carbonyl (C=O) groups excluding carboxylic acids is 2. The maximum absolute atomic E-state index is 14.9. The van der Waals surface area contributed by atoms with Gasteiger partial charge in [0.05, 0.1) is 0 Å². The van der Waals surface area contributed by atoms with Crippen molar-refractivity contribution in [2.24, 2.45) is 17.1 Å². The molecular formula is C41H43N4O4P. The van der Waals surface area contributed by atoms with Crippen molar-refractivity contribution < 1.29 is 18.7 Å². The second kappa shape index (κ2) is 16.4. The smallest absolute Gasteiger partial charge is 0.405 e. The van der Waals surface area contributed by atoms with E-state index in [9.17, 15) is 14.9 Å². The second-order valence-electron chi connectivity index (χ2n) is 13.0. The molecule has 50 heavy (non-hydrogen) atoms. The number of nitrogens with zero attached hydrogens (tertiary/aromatic N) is 3. The van der Waals surface area contributed by atoms with Gasteiger partial charge in [-0.1, -0.05) is 143 Å². The average molecular weight is 687 g/mol. The number of carbonyl (C=O) groups is 2. The molecule has 5 rings (SSSR count). The molecule has 2 N–H and O–H groups in total. The molecule has 0 fully saturated rings. The van der Waals surface area contributed by atoms with E-state index in [4.69, 9.17) is 14.9 Å². The number of hydrogen-bond acceptors (Lipinski definition) is 7. The first kappa shape index (κ1) is 36.0. The molecule has 1 aromatic heterocycles. The largest absolute Gasteiger partial charge is 0.437 e. The first-order valence-corrected chi connectivity index (χ1v) is 18.7. The minimum atomic E-state index is -3.04. The Labute approximate surface area is 294 Å². The summed E-state index contributed by atoms with van der Waals surface area (Å²) in [7, 11) is 0. The fourth-order valence-electron chi connectivity index (χ4n) is 6.60. The molecular weight excluding hydrogens is 643 g/mol. The van der Waals surface area contributed by atoms with E-state index in [1.54, 1.807) is 0 Å². The molecule has 9 heteroatoms. The molecule has 0 spiro atoms. The molecule has 256 valence electrons. The van der Waals surface area contributed by atoms with Gasteiger partial charge in [0.25, 0.3) is 0 Å². The predicted octanol–water partition coefficient (Wildman–Crippen LogP) is 7.22. The highest BCUT2D eigenvalue weighted by Gasteiger charge is 2.43. The van der Waals surface area contributed by atoms with Gasteiger partial charge in [-0.2, -0.15) is 5.26 Å². The molecule has 0 aliphatic rings. The average Bonchev–Trinajstić information content (AvgIpc) is 3.62. The lowest BCUT2D eigenvalue weighted by Crippen LogP contribution is -2.46. The van der Waals surface area contributed by atoms with Crippen molar-refractivity contribution in [3.05, 3.63) is 127 Å². The van der Waals surface area contributed by atoms with Gasteiger partial charge in [0.15, 0.2) is 6.10 Å². The monoisotopic (exact) mass is 686 g/mol. The third-order valence-electron chi connectivity index (χ3n) is 9.25. The number of ether oxygens (including phenoxy) is 1.